The van der Waals surface area contributed by atoms with Crippen molar-refractivity contribution in [3.8, 4) is 22.9 Å². The number of methoxy groups -OCH3 is 1. The van der Waals surface area contributed by atoms with Gasteiger partial charge in [0.15, 0.2) is 23.3 Å². The van der Waals surface area contributed by atoms with Crippen molar-refractivity contribution in [2.24, 2.45) is 4.99 Å². The summed E-state index contributed by atoms with van der Waals surface area (Å²) in [5.41, 5.74) is 2.91. The zero-order chi connectivity index (χ0) is 20.5. The fraction of sp³-hybridized carbons (Fsp3) is 0.286. The fourth-order valence-electron chi connectivity index (χ4n) is 2.80. The second kappa shape index (κ2) is 10.1. The van der Waals surface area contributed by atoms with Gasteiger partial charge in [-0.2, -0.15) is 5.10 Å². The SMILES string of the molecule is CCNC(=NCc1cccc(-c2ncn[nH]2)c1)Nc1ccc(OCC)c(OC)c1. The summed E-state index contributed by atoms with van der Waals surface area (Å²) in [6.07, 6.45) is 1.50. The monoisotopic (exact) mass is 394 g/mol. The molecule has 0 atom stereocenters. The van der Waals surface area contributed by atoms with Crippen LogP contribution in [0.4, 0.5) is 5.69 Å². The third-order valence-electron chi connectivity index (χ3n) is 4.11. The summed E-state index contributed by atoms with van der Waals surface area (Å²) in [6, 6.07) is 13.8. The van der Waals surface area contributed by atoms with Crippen LogP contribution >= 0.6 is 0 Å². The van der Waals surface area contributed by atoms with Crippen LogP contribution in [0.25, 0.3) is 11.4 Å². The Kier molecular flexibility index (Phi) is 7.05. The lowest BCUT2D eigenvalue weighted by Gasteiger charge is -2.14. The average Bonchev–Trinajstić information content (AvgIpc) is 3.28. The summed E-state index contributed by atoms with van der Waals surface area (Å²) in [5.74, 6) is 2.81. The van der Waals surface area contributed by atoms with Crippen LogP contribution in [0.15, 0.2) is 53.8 Å². The maximum absolute atomic E-state index is 5.57. The average molecular weight is 394 g/mol. The lowest BCUT2D eigenvalue weighted by molar-refractivity contribution is 0.311. The van der Waals surface area contributed by atoms with E-state index in [-0.39, 0.29) is 0 Å². The first-order valence-corrected chi connectivity index (χ1v) is 9.54. The number of anilines is 1. The Morgan fingerprint density at radius 3 is 2.76 bits per heavy atom. The maximum atomic E-state index is 5.57. The first-order chi connectivity index (χ1) is 14.2. The molecule has 0 fully saturated rings. The topological polar surface area (TPSA) is 96.5 Å². The van der Waals surface area contributed by atoms with Gasteiger partial charge in [0, 0.05) is 23.9 Å². The number of rotatable bonds is 8. The van der Waals surface area contributed by atoms with Crippen molar-refractivity contribution >= 4 is 11.6 Å². The molecule has 2 aromatic carbocycles. The highest BCUT2D eigenvalue weighted by molar-refractivity contribution is 5.93. The number of nitrogens with zero attached hydrogens (tertiary/aromatic N) is 3. The number of hydrogen-bond acceptors (Lipinski definition) is 5. The van der Waals surface area contributed by atoms with E-state index in [0.29, 0.717) is 30.6 Å². The van der Waals surface area contributed by atoms with Gasteiger partial charge in [0.1, 0.15) is 6.33 Å². The van der Waals surface area contributed by atoms with Crippen LogP contribution in [-0.4, -0.2) is 41.4 Å². The third kappa shape index (κ3) is 5.47. The van der Waals surface area contributed by atoms with Crippen molar-refractivity contribution in [2.75, 3.05) is 25.6 Å². The molecule has 0 aliphatic rings. The second-order valence-electron chi connectivity index (χ2n) is 6.15. The quantitative estimate of drug-likeness (QED) is 0.400. The van der Waals surface area contributed by atoms with Crippen molar-refractivity contribution in [2.45, 2.75) is 20.4 Å². The summed E-state index contributed by atoms with van der Waals surface area (Å²) >= 11 is 0. The first-order valence-electron chi connectivity index (χ1n) is 9.54. The van der Waals surface area contributed by atoms with E-state index in [0.717, 1.165) is 29.2 Å². The molecule has 0 radical (unpaired) electrons. The van der Waals surface area contributed by atoms with Crippen LogP contribution < -0.4 is 20.1 Å². The van der Waals surface area contributed by atoms with Gasteiger partial charge in [-0.05, 0) is 37.6 Å². The van der Waals surface area contributed by atoms with E-state index in [4.69, 9.17) is 14.5 Å². The molecule has 29 heavy (non-hydrogen) atoms. The van der Waals surface area contributed by atoms with Gasteiger partial charge in [0.2, 0.25) is 0 Å². The number of H-pyrrole nitrogens is 1. The Hall–Kier alpha value is -3.55. The van der Waals surface area contributed by atoms with Gasteiger partial charge in [0.05, 0.1) is 20.3 Å². The molecule has 0 saturated heterocycles. The van der Waals surface area contributed by atoms with Crippen molar-refractivity contribution in [1.29, 1.82) is 0 Å². The molecule has 0 bridgehead atoms. The van der Waals surface area contributed by atoms with Crippen molar-refractivity contribution in [3.63, 3.8) is 0 Å². The normalized spacial score (nSPS) is 11.2. The van der Waals surface area contributed by atoms with Crippen molar-refractivity contribution < 1.29 is 9.47 Å². The lowest BCUT2D eigenvalue weighted by atomic mass is 10.1. The van der Waals surface area contributed by atoms with Gasteiger partial charge < -0.3 is 20.1 Å². The molecule has 0 aliphatic carbocycles. The highest BCUT2D eigenvalue weighted by Gasteiger charge is 2.07. The minimum absolute atomic E-state index is 0.519. The zero-order valence-corrected chi connectivity index (χ0v) is 16.9. The van der Waals surface area contributed by atoms with Gasteiger partial charge in [-0.15, -0.1) is 0 Å². The van der Waals surface area contributed by atoms with Gasteiger partial charge in [-0.25, -0.2) is 9.98 Å². The predicted molar refractivity (Wildman–Crippen MR) is 114 cm³/mol. The summed E-state index contributed by atoms with van der Waals surface area (Å²) < 4.78 is 11.0. The number of aliphatic imine (C=N–C) groups is 1. The fourth-order valence-corrected chi connectivity index (χ4v) is 2.80. The van der Waals surface area contributed by atoms with E-state index in [9.17, 15) is 0 Å². The molecule has 3 rings (SSSR count). The molecule has 8 heteroatoms. The number of aromatic nitrogens is 3. The van der Waals surface area contributed by atoms with E-state index in [1.165, 1.54) is 6.33 Å². The van der Waals surface area contributed by atoms with Gasteiger partial charge >= 0.3 is 0 Å². The van der Waals surface area contributed by atoms with Crippen LogP contribution in [0.3, 0.4) is 0 Å². The van der Waals surface area contributed by atoms with Crippen LogP contribution in [0.2, 0.25) is 0 Å². The molecular weight excluding hydrogens is 368 g/mol. The summed E-state index contributed by atoms with van der Waals surface area (Å²) in [4.78, 5) is 8.89. The molecule has 0 unspecified atom stereocenters. The van der Waals surface area contributed by atoms with E-state index >= 15 is 0 Å². The summed E-state index contributed by atoms with van der Waals surface area (Å²) in [7, 11) is 1.63. The Morgan fingerprint density at radius 1 is 1.14 bits per heavy atom. The molecule has 8 nitrogen and oxygen atoms in total. The highest BCUT2D eigenvalue weighted by atomic mass is 16.5. The molecule has 1 heterocycles. The molecule has 0 saturated carbocycles. The molecule has 0 spiro atoms. The van der Waals surface area contributed by atoms with Crippen molar-refractivity contribution in [1.82, 2.24) is 20.5 Å². The minimum Gasteiger partial charge on any atom is -0.493 e. The molecular formula is C21H26N6O2. The Morgan fingerprint density at radius 2 is 2.03 bits per heavy atom. The van der Waals surface area contributed by atoms with E-state index in [1.807, 2.05) is 56.3 Å². The van der Waals surface area contributed by atoms with Gasteiger partial charge in [0.25, 0.3) is 0 Å². The maximum Gasteiger partial charge on any atom is 0.196 e. The van der Waals surface area contributed by atoms with E-state index in [1.54, 1.807) is 7.11 Å². The number of aromatic amines is 1. The van der Waals surface area contributed by atoms with Crippen LogP contribution in [0, 0.1) is 0 Å². The molecule has 152 valence electrons. The molecule has 3 aromatic rings. The van der Waals surface area contributed by atoms with E-state index < -0.39 is 0 Å². The number of nitrogens with one attached hydrogen (secondary N) is 3. The first kappa shape index (κ1) is 20.2. The number of hydrogen-bond donors (Lipinski definition) is 3. The molecule has 1 aromatic heterocycles. The van der Waals surface area contributed by atoms with Gasteiger partial charge in [-0.1, -0.05) is 18.2 Å². The zero-order valence-electron chi connectivity index (χ0n) is 16.9. The molecule has 0 amide bonds. The van der Waals surface area contributed by atoms with Crippen LogP contribution in [-0.2, 0) is 6.54 Å². The standard InChI is InChI=1S/C21H26N6O2/c1-4-22-21(26-17-9-10-18(29-5-2)19(12-17)28-3)23-13-15-7-6-8-16(11-15)20-24-14-25-27-20/h6-12,14H,4-5,13H2,1-3H3,(H2,22,23,26)(H,24,25,27). The Labute approximate surface area is 170 Å². The number of ether oxygens (including phenoxy) is 2. The highest BCUT2D eigenvalue weighted by Crippen LogP contribution is 2.30. The van der Waals surface area contributed by atoms with Crippen LogP contribution in [0.1, 0.15) is 19.4 Å². The Bertz CT molecular complexity index is 940. The third-order valence-corrected chi connectivity index (χ3v) is 4.11. The largest absolute Gasteiger partial charge is 0.493 e. The Balaban J connectivity index is 1.74. The summed E-state index contributed by atoms with van der Waals surface area (Å²) in [6.45, 7) is 5.82. The van der Waals surface area contributed by atoms with E-state index in [2.05, 4.69) is 25.8 Å². The minimum atomic E-state index is 0.519. The summed E-state index contributed by atoms with van der Waals surface area (Å²) in [5, 5.41) is 13.4. The lowest BCUT2D eigenvalue weighted by Crippen LogP contribution is -2.30. The second-order valence-corrected chi connectivity index (χ2v) is 6.15. The predicted octanol–water partition coefficient (Wildman–Crippen LogP) is 3.46. The van der Waals surface area contributed by atoms with Gasteiger partial charge in [-0.3, -0.25) is 5.10 Å². The smallest absolute Gasteiger partial charge is 0.196 e. The number of guanidine groups is 1. The molecule has 0 aliphatic heterocycles. The number of benzene rings is 2. The van der Waals surface area contributed by atoms with Crippen LogP contribution in [0.5, 0.6) is 11.5 Å². The molecule has 3 N–H and O–H groups in total. The van der Waals surface area contributed by atoms with Crippen molar-refractivity contribution in [3.05, 3.63) is 54.4 Å².